The molecule has 1 N–H and O–H groups in total. The Morgan fingerprint density at radius 3 is 2.75 bits per heavy atom. The van der Waals surface area contributed by atoms with Crippen molar-refractivity contribution in [3.8, 4) is 5.75 Å². The number of halogens is 1. The molecule has 0 unspecified atom stereocenters. The zero-order chi connectivity index (χ0) is 13.9. The van der Waals surface area contributed by atoms with Gasteiger partial charge >= 0.3 is 0 Å². The molecule has 0 saturated heterocycles. The summed E-state index contributed by atoms with van der Waals surface area (Å²) in [5.41, 5.74) is 2.21. The molecule has 0 radical (unpaired) electrons. The summed E-state index contributed by atoms with van der Waals surface area (Å²) in [7, 11) is 1.72. The van der Waals surface area contributed by atoms with Crippen molar-refractivity contribution in [1.29, 1.82) is 0 Å². The van der Waals surface area contributed by atoms with E-state index in [9.17, 15) is 0 Å². The molecule has 20 heavy (non-hydrogen) atoms. The third-order valence-corrected chi connectivity index (χ3v) is 4.14. The fourth-order valence-corrected chi connectivity index (χ4v) is 2.88. The molecule has 1 aliphatic carbocycles. The second kappa shape index (κ2) is 5.71. The Hall–Kier alpha value is -1.74. The predicted octanol–water partition coefficient (Wildman–Crippen LogP) is 4.10. The Balaban J connectivity index is 1.63. The van der Waals surface area contributed by atoms with Crippen molar-refractivity contribution in [1.82, 2.24) is 4.98 Å². The number of aromatic nitrogens is 1. The van der Waals surface area contributed by atoms with Crippen LogP contribution in [0.2, 0.25) is 5.15 Å². The van der Waals surface area contributed by atoms with Crippen molar-refractivity contribution < 1.29 is 4.74 Å². The number of para-hydroxylation sites is 1. The van der Waals surface area contributed by atoms with E-state index in [2.05, 4.69) is 22.4 Å². The van der Waals surface area contributed by atoms with Crippen LogP contribution in [-0.2, 0) is 0 Å². The summed E-state index contributed by atoms with van der Waals surface area (Å²) >= 11 is 6.06. The molecule has 104 valence electrons. The van der Waals surface area contributed by atoms with Gasteiger partial charge in [0, 0.05) is 12.2 Å². The van der Waals surface area contributed by atoms with E-state index in [-0.39, 0.29) is 0 Å². The standard InChI is InChI=1S/C16H17ClN2O/c1-20-15-7-3-2-5-13(15)11-9-12(10-11)19-14-6-4-8-18-16(14)17/h2-8,11-12,19H,9-10H2,1H3. The van der Waals surface area contributed by atoms with Crippen LogP contribution in [0.15, 0.2) is 42.6 Å². The lowest BCUT2D eigenvalue weighted by molar-refractivity contribution is 0.349. The number of hydrogen-bond donors (Lipinski definition) is 1. The van der Waals surface area contributed by atoms with Crippen LogP contribution < -0.4 is 10.1 Å². The van der Waals surface area contributed by atoms with Crippen LogP contribution in [-0.4, -0.2) is 18.1 Å². The van der Waals surface area contributed by atoms with Gasteiger partial charge in [-0.05, 0) is 42.5 Å². The monoisotopic (exact) mass is 288 g/mol. The van der Waals surface area contributed by atoms with E-state index in [1.165, 1.54) is 5.56 Å². The van der Waals surface area contributed by atoms with Crippen molar-refractivity contribution in [2.24, 2.45) is 0 Å². The second-order valence-electron chi connectivity index (χ2n) is 5.09. The lowest BCUT2D eigenvalue weighted by atomic mass is 9.75. The molecular weight excluding hydrogens is 272 g/mol. The van der Waals surface area contributed by atoms with Gasteiger partial charge in [-0.15, -0.1) is 0 Å². The highest BCUT2D eigenvalue weighted by Gasteiger charge is 2.32. The molecule has 0 bridgehead atoms. The van der Waals surface area contributed by atoms with Gasteiger partial charge in [-0.1, -0.05) is 29.8 Å². The fraction of sp³-hybridized carbons (Fsp3) is 0.312. The summed E-state index contributed by atoms with van der Waals surface area (Å²) < 4.78 is 5.42. The lowest BCUT2D eigenvalue weighted by Crippen LogP contribution is -2.34. The van der Waals surface area contributed by atoms with E-state index >= 15 is 0 Å². The van der Waals surface area contributed by atoms with Crippen molar-refractivity contribution in [3.63, 3.8) is 0 Å². The predicted molar refractivity (Wildman–Crippen MR) is 81.6 cm³/mol. The maximum atomic E-state index is 6.06. The number of pyridine rings is 1. The maximum Gasteiger partial charge on any atom is 0.152 e. The van der Waals surface area contributed by atoms with Crippen LogP contribution in [0, 0.1) is 0 Å². The van der Waals surface area contributed by atoms with E-state index in [1.54, 1.807) is 13.3 Å². The van der Waals surface area contributed by atoms with E-state index in [0.29, 0.717) is 17.1 Å². The largest absolute Gasteiger partial charge is 0.496 e. The Kier molecular flexibility index (Phi) is 3.79. The quantitative estimate of drug-likeness (QED) is 0.860. The second-order valence-corrected chi connectivity index (χ2v) is 5.45. The van der Waals surface area contributed by atoms with Crippen LogP contribution in [0.25, 0.3) is 0 Å². The number of nitrogens with one attached hydrogen (secondary N) is 1. The first-order valence-electron chi connectivity index (χ1n) is 6.78. The van der Waals surface area contributed by atoms with Crippen molar-refractivity contribution in [3.05, 3.63) is 53.3 Å². The molecule has 0 atom stereocenters. The van der Waals surface area contributed by atoms with Crippen LogP contribution in [0.5, 0.6) is 5.75 Å². The van der Waals surface area contributed by atoms with Gasteiger partial charge < -0.3 is 10.1 Å². The first-order chi connectivity index (χ1) is 9.78. The molecule has 3 nitrogen and oxygen atoms in total. The Morgan fingerprint density at radius 2 is 2.00 bits per heavy atom. The first-order valence-corrected chi connectivity index (χ1v) is 7.15. The highest BCUT2D eigenvalue weighted by molar-refractivity contribution is 6.31. The van der Waals surface area contributed by atoms with Crippen LogP contribution in [0.1, 0.15) is 24.3 Å². The molecule has 0 amide bonds. The van der Waals surface area contributed by atoms with Gasteiger partial charge in [0.1, 0.15) is 5.75 Å². The molecule has 1 saturated carbocycles. The van der Waals surface area contributed by atoms with Crippen molar-refractivity contribution >= 4 is 17.3 Å². The molecule has 4 heteroatoms. The normalized spacial score (nSPS) is 21.1. The average Bonchev–Trinajstić information content (AvgIpc) is 2.44. The number of nitrogens with zero attached hydrogens (tertiary/aromatic N) is 1. The van der Waals surface area contributed by atoms with Crippen molar-refractivity contribution in [2.45, 2.75) is 24.8 Å². The van der Waals surface area contributed by atoms with Crippen LogP contribution in [0.4, 0.5) is 5.69 Å². The highest BCUT2D eigenvalue weighted by atomic mass is 35.5. The summed E-state index contributed by atoms with van der Waals surface area (Å²) in [5, 5.41) is 3.98. The first kappa shape index (κ1) is 13.3. The van der Waals surface area contributed by atoms with Gasteiger partial charge in [0.15, 0.2) is 5.15 Å². The number of rotatable bonds is 4. The number of ether oxygens (including phenoxy) is 1. The molecule has 1 aromatic heterocycles. The fourth-order valence-electron chi connectivity index (χ4n) is 2.71. The SMILES string of the molecule is COc1ccccc1C1CC(Nc2cccnc2Cl)C1. The molecular formula is C16H17ClN2O. The third kappa shape index (κ3) is 2.59. The Bertz CT molecular complexity index is 597. The summed E-state index contributed by atoms with van der Waals surface area (Å²) in [6.45, 7) is 0. The molecule has 1 fully saturated rings. The smallest absolute Gasteiger partial charge is 0.152 e. The maximum absolute atomic E-state index is 6.06. The van der Waals surface area contributed by atoms with Gasteiger partial charge in [-0.25, -0.2) is 4.98 Å². The van der Waals surface area contributed by atoms with Crippen LogP contribution in [0.3, 0.4) is 0 Å². The van der Waals surface area contributed by atoms with Gasteiger partial charge in [-0.2, -0.15) is 0 Å². The molecule has 3 rings (SSSR count). The number of anilines is 1. The third-order valence-electron chi connectivity index (χ3n) is 3.84. The highest BCUT2D eigenvalue weighted by Crippen LogP contribution is 2.42. The van der Waals surface area contributed by atoms with E-state index in [0.717, 1.165) is 24.3 Å². The minimum atomic E-state index is 0.451. The number of benzene rings is 1. The minimum absolute atomic E-state index is 0.451. The summed E-state index contributed by atoms with van der Waals surface area (Å²) in [5.74, 6) is 1.54. The lowest BCUT2D eigenvalue weighted by Gasteiger charge is -2.37. The van der Waals surface area contributed by atoms with Gasteiger partial charge in [0.05, 0.1) is 12.8 Å². The number of hydrogen-bond acceptors (Lipinski definition) is 3. The Labute approximate surface area is 123 Å². The summed E-state index contributed by atoms with van der Waals surface area (Å²) in [4.78, 5) is 4.08. The van der Waals surface area contributed by atoms with Crippen LogP contribution >= 0.6 is 11.6 Å². The molecule has 1 aromatic carbocycles. The molecule has 0 aliphatic heterocycles. The molecule has 2 aromatic rings. The van der Waals surface area contributed by atoms with E-state index < -0.39 is 0 Å². The average molecular weight is 289 g/mol. The van der Waals surface area contributed by atoms with Crippen molar-refractivity contribution in [2.75, 3.05) is 12.4 Å². The van der Waals surface area contributed by atoms with Gasteiger partial charge in [-0.3, -0.25) is 0 Å². The zero-order valence-electron chi connectivity index (χ0n) is 11.3. The Morgan fingerprint density at radius 1 is 1.20 bits per heavy atom. The van der Waals surface area contributed by atoms with Gasteiger partial charge in [0.2, 0.25) is 0 Å². The molecule has 1 heterocycles. The van der Waals surface area contributed by atoms with Gasteiger partial charge in [0.25, 0.3) is 0 Å². The van der Waals surface area contributed by atoms with E-state index in [4.69, 9.17) is 16.3 Å². The topological polar surface area (TPSA) is 34.1 Å². The summed E-state index contributed by atoms with van der Waals surface area (Å²) in [6, 6.07) is 12.6. The minimum Gasteiger partial charge on any atom is -0.496 e. The van der Waals surface area contributed by atoms with E-state index in [1.807, 2.05) is 24.3 Å². The summed E-state index contributed by atoms with van der Waals surface area (Å²) in [6.07, 6.45) is 3.88. The molecule has 0 spiro atoms. The molecule has 1 aliphatic rings. The zero-order valence-corrected chi connectivity index (χ0v) is 12.1. The number of methoxy groups -OCH3 is 1.